The van der Waals surface area contributed by atoms with E-state index in [2.05, 4.69) is 15.0 Å². The summed E-state index contributed by atoms with van der Waals surface area (Å²) in [5.74, 6) is -0.443. The summed E-state index contributed by atoms with van der Waals surface area (Å²) in [6, 6.07) is 4.73. The van der Waals surface area contributed by atoms with Gasteiger partial charge in [-0.05, 0) is 19.8 Å². The van der Waals surface area contributed by atoms with Gasteiger partial charge >= 0.3 is 6.09 Å². The van der Waals surface area contributed by atoms with Gasteiger partial charge in [0.15, 0.2) is 5.96 Å². The number of rotatable bonds is 4. The van der Waals surface area contributed by atoms with Crippen molar-refractivity contribution in [1.29, 1.82) is 0 Å². The minimum atomic E-state index is -0.997. The largest absolute Gasteiger partial charge is 0.443 e. The van der Waals surface area contributed by atoms with Crippen LogP contribution in [0, 0.1) is 5.82 Å². The minimum absolute atomic E-state index is 0.170. The number of aliphatic imine (C=N–C) groups is 1. The predicted molar refractivity (Wildman–Crippen MR) is 105 cm³/mol. The molecule has 0 spiro atoms. The number of guanidine groups is 1. The van der Waals surface area contributed by atoms with Gasteiger partial charge in [0.05, 0.1) is 5.60 Å². The van der Waals surface area contributed by atoms with E-state index < -0.39 is 23.5 Å². The molecule has 0 radical (unpaired) electrons. The zero-order valence-corrected chi connectivity index (χ0v) is 16.0. The number of piperidine rings is 1. The van der Waals surface area contributed by atoms with Crippen LogP contribution in [0.4, 0.5) is 15.1 Å². The molecule has 0 atom stereocenters. The first-order valence-electron chi connectivity index (χ1n) is 9.09. The molecule has 2 heterocycles. The van der Waals surface area contributed by atoms with Crippen molar-refractivity contribution in [3.8, 4) is 11.1 Å². The van der Waals surface area contributed by atoms with Crippen molar-refractivity contribution in [1.82, 2.24) is 9.97 Å². The standard InChI is InChI=1S/C19H23FN6O3/c1-19(28)5-7-26(8-6-19)17-23-9-13(10-24-17)14-4-2-3-12(15(14)20)11-29-18(27)25-16(21)22/h2-4,9-10,28H,5-8,11H2,1H3,(H4,21,22,25,27). The number of ether oxygens (including phenoxy) is 1. The lowest BCUT2D eigenvalue weighted by molar-refractivity contribution is 0.0349. The molecule has 1 saturated heterocycles. The molecule has 0 unspecified atom stereocenters. The van der Waals surface area contributed by atoms with Gasteiger partial charge < -0.3 is 26.2 Å². The average molecular weight is 402 g/mol. The molecular formula is C19H23FN6O3. The first-order valence-corrected chi connectivity index (χ1v) is 9.09. The first-order chi connectivity index (χ1) is 13.7. The molecule has 5 N–H and O–H groups in total. The molecule has 1 fully saturated rings. The molecule has 2 aromatic rings. The fourth-order valence-electron chi connectivity index (χ4n) is 3.00. The highest BCUT2D eigenvalue weighted by molar-refractivity contribution is 5.87. The monoisotopic (exact) mass is 402 g/mol. The van der Waals surface area contributed by atoms with Crippen LogP contribution in [-0.2, 0) is 11.3 Å². The topological polar surface area (TPSA) is 140 Å². The molecule has 0 aliphatic carbocycles. The Hall–Kier alpha value is -3.27. The van der Waals surface area contributed by atoms with E-state index in [0.717, 1.165) is 0 Å². The fraction of sp³-hybridized carbons (Fsp3) is 0.368. The van der Waals surface area contributed by atoms with Crippen molar-refractivity contribution in [2.45, 2.75) is 32.0 Å². The van der Waals surface area contributed by atoms with Gasteiger partial charge in [0, 0.05) is 42.2 Å². The highest BCUT2D eigenvalue weighted by atomic mass is 19.1. The van der Waals surface area contributed by atoms with Crippen LogP contribution < -0.4 is 16.4 Å². The molecule has 3 rings (SSSR count). The van der Waals surface area contributed by atoms with Gasteiger partial charge in [-0.1, -0.05) is 18.2 Å². The number of halogens is 1. The van der Waals surface area contributed by atoms with E-state index in [4.69, 9.17) is 16.2 Å². The van der Waals surface area contributed by atoms with Crippen molar-refractivity contribution < 1.29 is 19.0 Å². The first kappa shape index (κ1) is 20.5. The van der Waals surface area contributed by atoms with Gasteiger partial charge in [-0.25, -0.2) is 19.2 Å². The predicted octanol–water partition coefficient (Wildman–Crippen LogP) is 1.54. The van der Waals surface area contributed by atoms with Gasteiger partial charge in [0.25, 0.3) is 0 Å². The SMILES string of the molecule is CC1(O)CCN(c2ncc(-c3cccc(COC(=O)N=C(N)N)c3F)cn2)CC1. The summed E-state index contributed by atoms with van der Waals surface area (Å²) in [5, 5.41) is 10.0. The number of benzene rings is 1. The third-order valence-electron chi connectivity index (χ3n) is 4.72. The molecule has 1 amide bonds. The van der Waals surface area contributed by atoms with Crippen molar-refractivity contribution in [3.63, 3.8) is 0 Å². The summed E-state index contributed by atoms with van der Waals surface area (Å²) in [7, 11) is 0. The molecule has 1 aliphatic heterocycles. The van der Waals surface area contributed by atoms with Gasteiger partial charge in [-0.15, -0.1) is 4.99 Å². The van der Waals surface area contributed by atoms with Crippen molar-refractivity contribution in [2.24, 2.45) is 16.5 Å². The zero-order valence-electron chi connectivity index (χ0n) is 16.0. The summed E-state index contributed by atoms with van der Waals surface area (Å²) in [6.07, 6.45) is 3.36. The van der Waals surface area contributed by atoms with Crippen molar-refractivity contribution >= 4 is 18.0 Å². The number of hydrogen-bond donors (Lipinski definition) is 3. The Bertz CT molecular complexity index is 903. The van der Waals surface area contributed by atoms with Gasteiger partial charge in [-0.2, -0.15) is 0 Å². The quantitative estimate of drug-likeness (QED) is 0.517. The Kier molecular flexibility index (Phi) is 5.92. The lowest BCUT2D eigenvalue weighted by atomic mass is 9.94. The number of nitrogens with zero attached hydrogens (tertiary/aromatic N) is 4. The van der Waals surface area contributed by atoms with E-state index in [1.54, 1.807) is 24.5 Å². The van der Waals surface area contributed by atoms with Crippen molar-refractivity contribution in [2.75, 3.05) is 18.0 Å². The Morgan fingerprint density at radius 2 is 1.97 bits per heavy atom. The molecule has 0 saturated carbocycles. The van der Waals surface area contributed by atoms with E-state index in [1.165, 1.54) is 6.07 Å². The second kappa shape index (κ2) is 8.39. The fourth-order valence-corrected chi connectivity index (χ4v) is 3.00. The van der Waals surface area contributed by atoms with E-state index in [-0.39, 0.29) is 17.7 Å². The average Bonchev–Trinajstić information content (AvgIpc) is 2.67. The number of nitrogens with two attached hydrogens (primary N) is 2. The zero-order chi connectivity index (χ0) is 21.0. The lowest BCUT2D eigenvalue weighted by Crippen LogP contribution is -2.43. The molecule has 29 heavy (non-hydrogen) atoms. The number of amides is 1. The van der Waals surface area contributed by atoms with Crippen LogP contribution in [0.3, 0.4) is 0 Å². The van der Waals surface area contributed by atoms with Crippen LogP contribution in [0.1, 0.15) is 25.3 Å². The maximum absolute atomic E-state index is 14.8. The Balaban J connectivity index is 1.72. The molecule has 1 aromatic heterocycles. The summed E-state index contributed by atoms with van der Waals surface area (Å²) >= 11 is 0. The number of hydrogen-bond acceptors (Lipinski definition) is 6. The van der Waals surface area contributed by atoms with Gasteiger partial charge in [0.2, 0.25) is 5.95 Å². The summed E-state index contributed by atoms with van der Waals surface area (Å²) in [4.78, 5) is 25.3. The third kappa shape index (κ3) is 5.17. The third-order valence-corrected chi connectivity index (χ3v) is 4.72. The molecule has 10 heteroatoms. The second-order valence-corrected chi connectivity index (χ2v) is 7.13. The maximum Gasteiger partial charge on any atom is 0.437 e. The second-order valence-electron chi connectivity index (χ2n) is 7.13. The van der Waals surface area contributed by atoms with Crippen LogP contribution in [0.15, 0.2) is 35.6 Å². The van der Waals surface area contributed by atoms with E-state index in [9.17, 15) is 14.3 Å². The summed E-state index contributed by atoms with van der Waals surface area (Å²) in [6.45, 7) is 2.80. The molecule has 9 nitrogen and oxygen atoms in total. The van der Waals surface area contributed by atoms with E-state index in [1.807, 2.05) is 11.8 Å². The maximum atomic E-state index is 14.8. The molecule has 1 aromatic carbocycles. The Morgan fingerprint density at radius 3 is 2.59 bits per heavy atom. The summed E-state index contributed by atoms with van der Waals surface area (Å²) < 4.78 is 19.7. The molecule has 1 aliphatic rings. The molecule has 0 bridgehead atoms. The molecule has 154 valence electrons. The lowest BCUT2D eigenvalue weighted by Gasteiger charge is -2.35. The van der Waals surface area contributed by atoms with Crippen LogP contribution in [0.25, 0.3) is 11.1 Å². The van der Waals surface area contributed by atoms with E-state index >= 15 is 0 Å². The number of aliphatic hydroxyl groups is 1. The number of carbonyl (C=O) groups excluding carboxylic acids is 1. The van der Waals surface area contributed by atoms with Gasteiger partial charge in [0.1, 0.15) is 12.4 Å². The van der Waals surface area contributed by atoms with Gasteiger partial charge in [-0.3, -0.25) is 0 Å². The number of carbonyl (C=O) groups is 1. The van der Waals surface area contributed by atoms with E-state index in [0.29, 0.717) is 37.4 Å². The van der Waals surface area contributed by atoms with Crippen LogP contribution in [0.2, 0.25) is 0 Å². The minimum Gasteiger partial charge on any atom is -0.443 e. The van der Waals surface area contributed by atoms with Crippen molar-refractivity contribution in [3.05, 3.63) is 42.0 Å². The number of aromatic nitrogens is 2. The number of anilines is 1. The van der Waals surface area contributed by atoms with Crippen LogP contribution in [0.5, 0.6) is 0 Å². The Morgan fingerprint density at radius 1 is 1.31 bits per heavy atom. The smallest absolute Gasteiger partial charge is 0.437 e. The molecular weight excluding hydrogens is 379 g/mol. The summed E-state index contributed by atoms with van der Waals surface area (Å²) in [5.41, 5.74) is 10.5. The normalized spacial score (nSPS) is 15.6. The highest BCUT2D eigenvalue weighted by Gasteiger charge is 2.28. The van der Waals surface area contributed by atoms with Crippen LogP contribution in [-0.4, -0.2) is 45.8 Å². The van der Waals surface area contributed by atoms with Crippen LogP contribution >= 0.6 is 0 Å². The Labute approximate surface area is 167 Å². The highest BCUT2D eigenvalue weighted by Crippen LogP contribution is 2.27.